The second-order valence-corrected chi connectivity index (χ2v) is 6.86. The quantitative estimate of drug-likeness (QED) is 0.641. The maximum atomic E-state index is 14.1. The molecule has 1 aliphatic rings. The lowest BCUT2D eigenvalue weighted by atomic mass is 9.91. The van der Waals surface area contributed by atoms with Gasteiger partial charge >= 0.3 is 5.97 Å². The molecule has 0 spiro atoms. The van der Waals surface area contributed by atoms with Crippen LogP contribution in [-0.4, -0.2) is 31.2 Å². The van der Waals surface area contributed by atoms with E-state index in [-0.39, 0.29) is 11.7 Å². The number of ether oxygens (including phenoxy) is 2. The van der Waals surface area contributed by atoms with E-state index in [0.29, 0.717) is 30.0 Å². The Labute approximate surface area is 168 Å². The second kappa shape index (κ2) is 8.31. The number of benzene rings is 2. The van der Waals surface area contributed by atoms with Gasteiger partial charge < -0.3 is 14.8 Å². The minimum atomic E-state index is -0.406. The van der Waals surface area contributed by atoms with Crippen LogP contribution in [0.15, 0.2) is 60.9 Å². The van der Waals surface area contributed by atoms with Crippen LogP contribution in [0.25, 0.3) is 11.1 Å². The van der Waals surface area contributed by atoms with Gasteiger partial charge in [-0.3, -0.25) is 4.98 Å². The van der Waals surface area contributed by atoms with Gasteiger partial charge in [0.2, 0.25) is 0 Å². The molecule has 6 heteroatoms. The molecule has 0 radical (unpaired) electrons. The normalized spacial score (nSPS) is 15.2. The van der Waals surface area contributed by atoms with E-state index in [0.717, 1.165) is 23.3 Å². The molecule has 0 saturated carbocycles. The third-order valence-electron chi connectivity index (χ3n) is 5.13. The van der Waals surface area contributed by atoms with Gasteiger partial charge in [-0.05, 0) is 35.7 Å². The van der Waals surface area contributed by atoms with Gasteiger partial charge in [0, 0.05) is 24.2 Å². The fraction of sp³-hybridized carbons (Fsp3) is 0.217. The average molecular weight is 392 g/mol. The largest absolute Gasteiger partial charge is 0.493 e. The molecule has 29 heavy (non-hydrogen) atoms. The molecule has 1 aromatic heterocycles. The number of halogens is 1. The Balaban J connectivity index is 1.55. The van der Waals surface area contributed by atoms with Crippen LogP contribution in [0.5, 0.6) is 5.75 Å². The molecule has 2 heterocycles. The molecule has 4 rings (SSSR count). The standard InChI is InChI=1S/C23H21FN2O3/c1-28-23(27)19-8-10-25-14-21(19)26-13-16-9-11-29-22-12-15(6-7-18(16)22)17-4-2-3-5-20(17)24/h2-8,10,12,14,16,26H,9,11,13H2,1H3/t16-/m0/s1. The monoisotopic (exact) mass is 392 g/mol. The highest BCUT2D eigenvalue weighted by Crippen LogP contribution is 2.37. The molecule has 5 nitrogen and oxygen atoms in total. The summed E-state index contributed by atoms with van der Waals surface area (Å²) in [5, 5.41) is 3.32. The van der Waals surface area contributed by atoms with Crippen molar-refractivity contribution < 1.29 is 18.7 Å². The van der Waals surface area contributed by atoms with Crippen LogP contribution < -0.4 is 10.1 Å². The Morgan fingerprint density at radius 3 is 2.97 bits per heavy atom. The molecule has 1 N–H and O–H groups in total. The predicted octanol–water partition coefficient (Wildman–Crippen LogP) is 4.65. The van der Waals surface area contributed by atoms with Crippen molar-refractivity contribution in [3.63, 3.8) is 0 Å². The van der Waals surface area contributed by atoms with Crippen molar-refractivity contribution >= 4 is 11.7 Å². The minimum absolute atomic E-state index is 0.194. The van der Waals surface area contributed by atoms with E-state index in [9.17, 15) is 9.18 Å². The number of rotatable bonds is 5. The number of esters is 1. The van der Waals surface area contributed by atoms with E-state index in [4.69, 9.17) is 9.47 Å². The summed E-state index contributed by atoms with van der Waals surface area (Å²) >= 11 is 0. The van der Waals surface area contributed by atoms with Crippen LogP contribution in [0.1, 0.15) is 28.3 Å². The molecule has 148 valence electrons. The lowest BCUT2D eigenvalue weighted by Gasteiger charge is -2.27. The van der Waals surface area contributed by atoms with Gasteiger partial charge in [0.05, 0.1) is 31.2 Å². The summed E-state index contributed by atoms with van der Waals surface area (Å²) in [4.78, 5) is 16.0. The third kappa shape index (κ3) is 3.92. The van der Waals surface area contributed by atoms with Gasteiger partial charge in [-0.2, -0.15) is 0 Å². The van der Waals surface area contributed by atoms with Crippen molar-refractivity contribution in [2.45, 2.75) is 12.3 Å². The van der Waals surface area contributed by atoms with Crippen LogP contribution >= 0.6 is 0 Å². The molecule has 0 amide bonds. The molecule has 1 aliphatic heterocycles. The van der Waals surface area contributed by atoms with E-state index >= 15 is 0 Å². The fourth-order valence-corrected chi connectivity index (χ4v) is 3.59. The number of carbonyl (C=O) groups excluding carboxylic acids is 1. The molecule has 0 bridgehead atoms. The van der Waals surface area contributed by atoms with Crippen molar-refractivity contribution in [2.24, 2.45) is 0 Å². The predicted molar refractivity (Wildman–Crippen MR) is 109 cm³/mol. The fourth-order valence-electron chi connectivity index (χ4n) is 3.59. The van der Waals surface area contributed by atoms with E-state index < -0.39 is 5.97 Å². The second-order valence-electron chi connectivity index (χ2n) is 6.86. The number of fused-ring (bicyclic) bond motifs is 1. The van der Waals surface area contributed by atoms with Crippen LogP contribution in [0.2, 0.25) is 0 Å². The molecule has 1 atom stereocenters. The van der Waals surface area contributed by atoms with Gasteiger partial charge in [0.15, 0.2) is 0 Å². The van der Waals surface area contributed by atoms with Crippen LogP contribution in [0.3, 0.4) is 0 Å². The van der Waals surface area contributed by atoms with Gasteiger partial charge in [0.1, 0.15) is 11.6 Å². The van der Waals surface area contributed by atoms with Crippen LogP contribution in [-0.2, 0) is 4.74 Å². The molecule has 0 fully saturated rings. The summed E-state index contributed by atoms with van der Waals surface area (Å²) in [6.45, 7) is 1.20. The first kappa shape index (κ1) is 18.9. The van der Waals surface area contributed by atoms with Crippen LogP contribution in [0.4, 0.5) is 10.1 Å². The van der Waals surface area contributed by atoms with Gasteiger partial charge in [0.25, 0.3) is 0 Å². The van der Waals surface area contributed by atoms with E-state index in [1.54, 1.807) is 30.6 Å². The first-order valence-corrected chi connectivity index (χ1v) is 9.45. The lowest BCUT2D eigenvalue weighted by molar-refractivity contribution is 0.0601. The van der Waals surface area contributed by atoms with Gasteiger partial charge in [-0.25, -0.2) is 9.18 Å². The molecule has 3 aromatic rings. The Morgan fingerprint density at radius 1 is 1.28 bits per heavy atom. The zero-order valence-electron chi connectivity index (χ0n) is 16.0. The number of aromatic nitrogens is 1. The first-order valence-electron chi connectivity index (χ1n) is 9.45. The summed E-state index contributed by atoms with van der Waals surface area (Å²) in [6, 6.07) is 14.1. The Kier molecular flexibility index (Phi) is 5.42. The van der Waals surface area contributed by atoms with Crippen molar-refractivity contribution in [1.82, 2.24) is 4.98 Å². The highest BCUT2D eigenvalue weighted by molar-refractivity contribution is 5.95. The zero-order chi connectivity index (χ0) is 20.2. The summed E-state index contributed by atoms with van der Waals surface area (Å²) in [5.74, 6) is 0.299. The van der Waals surface area contributed by atoms with Gasteiger partial charge in [-0.1, -0.05) is 30.3 Å². The minimum Gasteiger partial charge on any atom is -0.493 e. The van der Waals surface area contributed by atoms with Gasteiger partial charge in [-0.15, -0.1) is 0 Å². The van der Waals surface area contributed by atoms with Crippen molar-refractivity contribution in [3.8, 4) is 16.9 Å². The zero-order valence-corrected chi connectivity index (χ0v) is 16.0. The van der Waals surface area contributed by atoms with E-state index in [1.165, 1.54) is 13.2 Å². The summed E-state index contributed by atoms with van der Waals surface area (Å²) in [5.41, 5.74) is 3.49. The first-order chi connectivity index (χ1) is 14.2. The molecule has 2 aromatic carbocycles. The topological polar surface area (TPSA) is 60.5 Å². The number of hydrogen-bond donors (Lipinski definition) is 1. The number of pyridine rings is 1. The van der Waals surface area contributed by atoms with E-state index in [2.05, 4.69) is 10.3 Å². The summed E-state index contributed by atoms with van der Waals surface area (Å²) < 4.78 is 24.8. The molecule has 0 saturated heterocycles. The number of methoxy groups -OCH3 is 1. The molecule has 0 aliphatic carbocycles. The number of hydrogen-bond acceptors (Lipinski definition) is 5. The molecular formula is C23H21FN2O3. The van der Waals surface area contributed by atoms with Crippen molar-refractivity contribution in [2.75, 3.05) is 25.6 Å². The maximum absolute atomic E-state index is 14.1. The summed E-state index contributed by atoms with van der Waals surface area (Å²) in [6.07, 6.45) is 4.02. The molecule has 0 unspecified atom stereocenters. The van der Waals surface area contributed by atoms with Crippen molar-refractivity contribution in [1.29, 1.82) is 0 Å². The number of nitrogens with zero attached hydrogens (tertiary/aromatic N) is 1. The van der Waals surface area contributed by atoms with Crippen molar-refractivity contribution in [3.05, 3.63) is 77.9 Å². The lowest BCUT2D eigenvalue weighted by Crippen LogP contribution is -2.21. The molecular weight excluding hydrogens is 371 g/mol. The smallest absolute Gasteiger partial charge is 0.340 e. The SMILES string of the molecule is COC(=O)c1ccncc1NC[C@@H]1CCOc2cc(-c3ccccc3F)ccc21. The number of carbonyl (C=O) groups is 1. The average Bonchev–Trinajstić information content (AvgIpc) is 2.77. The Hall–Kier alpha value is -3.41. The van der Waals surface area contributed by atoms with Crippen LogP contribution in [0, 0.1) is 5.82 Å². The number of anilines is 1. The van der Waals surface area contributed by atoms with E-state index in [1.807, 2.05) is 24.3 Å². The highest BCUT2D eigenvalue weighted by atomic mass is 19.1. The Morgan fingerprint density at radius 2 is 2.14 bits per heavy atom. The Bertz CT molecular complexity index is 1040. The maximum Gasteiger partial charge on any atom is 0.340 e. The summed E-state index contributed by atoms with van der Waals surface area (Å²) in [7, 11) is 1.36. The highest BCUT2D eigenvalue weighted by Gasteiger charge is 2.23. The third-order valence-corrected chi connectivity index (χ3v) is 5.13. The number of nitrogens with one attached hydrogen (secondary N) is 1.